The third-order valence-electron chi connectivity index (χ3n) is 5.07. The van der Waals surface area contributed by atoms with Crippen molar-refractivity contribution in [2.75, 3.05) is 4.90 Å². The van der Waals surface area contributed by atoms with Crippen LogP contribution in [-0.2, 0) is 16.1 Å². The first-order valence-corrected chi connectivity index (χ1v) is 9.66. The highest BCUT2D eigenvalue weighted by atomic mass is 35.5. The molecule has 1 aliphatic heterocycles. The molecule has 0 saturated carbocycles. The quantitative estimate of drug-likeness (QED) is 0.385. The molecule has 7 heteroatoms. The van der Waals surface area contributed by atoms with E-state index in [9.17, 15) is 14.4 Å². The molecule has 4 rings (SSSR count). The summed E-state index contributed by atoms with van der Waals surface area (Å²) in [6.07, 6.45) is 3.33. The number of para-hydroxylation sites is 1. The van der Waals surface area contributed by atoms with Crippen molar-refractivity contribution in [2.45, 2.75) is 13.5 Å². The highest BCUT2D eigenvalue weighted by Crippen LogP contribution is 2.30. The summed E-state index contributed by atoms with van der Waals surface area (Å²) in [5.41, 5.74) is 2.81. The number of fused-ring (bicyclic) bond motifs is 1. The first-order valence-electron chi connectivity index (χ1n) is 9.28. The van der Waals surface area contributed by atoms with Gasteiger partial charge in [-0.1, -0.05) is 35.9 Å². The Hall–Kier alpha value is -3.64. The number of urea groups is 1. The van der Waals surface area contributed by atoms with Crippen molar-refractivity contribution in [2.24, 2.45) is 0 Å². The minimum absolute atomic E-state index is 0.117. The van der Waals surface area contributed by atoms with Crippen molar-refractivity contribution in [1.29, 1.82) is 0 Å². The number of benzene rings is 2. The number of allylic oxidation sites excluding steroid dienone is 1. The van der Waals surface area contributed by atoms with E-state index in [2.05, 4.69) is 16.5 Å². The van der Waals surface area contributed by atoms with E-state index in [1.165, 1.54) is 0 Å². The average Bonchev–Trinajstić information content (AvgIpc) is 2.98. The second kappa shape index (κ2) is 7.65. The van der Waals surface area contributed by atoms with Gasteiger partial charge in [0.1, 0.15) is 5.57 Å². The van der Waals surface area contributed by atoms with E-state index < -0.39 is 17.8 Å². The molecule has 1 aromatic heterocycles. The Kier molecular flexibility index (Phi) is 5.01. The maximum Gasteiger partial charge on any atom is 0.335 e. The van der Waals surface area contributed by atoms with Crippen LogP contribution in [-0.4, -0.2) is 22.4 Å². The Morgan fingerprint density at radius 3 is 2.47 bits per heavy atom. The molecule has 0 atom stereocenters. The van der Waals surface area contributed by atoms with Crippen LogP contribution in [0.15, 0.2) is 66.8 Å². The summed E-state index contributed by atoms with van der Waals surface area (Å²) < 4.78 is 2.06. The summed E-state index contributed by atoms with van der Waals surface area (Å²) in [4.78, 5) is 39.0. The van der Waals surface area contributed by atoms with Crippen molar-refractivity contribution >= 4 is 52.1 Å². The van der Waals surface area contributed by atoms with Gasteiger partial charge in [-0.2, -0.15) is 0 Å². The lowest BCUT2D eigenvalue weighted by molar-refractivity contribution is -0.122. The number of hydrogen-bond acceptors (Lipinski definition) is 3. The van der Waals surface area contributed by atoms with Gasteiger partial charge in [-0.15, -0.1) is 6.58 Å². The van der Waals surface area contributed by atoms with Crippen LogP contribution in [0.5, 0.6) is 0 Å². The summed E-state index contributed by atoms with van der Waals surface area (Å²) in [6, 6.07) is 13.2. The van der Waals surface area contributed by atoms with Gasteiger partial charge in [0.25, 0.3) is 11.8 Å². The third-order valence-corrected chi connectivity index (χ3v) is 5.32. The molecule has 2 aromatic carbocycles. The van der Waals surface area contributed by atoms with Crippen molar-refractivity contribution in [3.63, 3.8) is 0 Å². The molecule has 0 aliphatic carbocycles. The first kappa shape index (κ1) is 19.7. The largest absolute Gasteiger partial charge is 0.340 e. The van der Waals surface area contributed by atoms with Gasteiger partial charge < -0.3 is 4.57 Å². The molecule has 150 valence electrons. The molecule has 1 saturated heterocycles. The van der Waals surface area contributed by atoms with E-state index in [0.717, 1.165) is 27.1 Å². The maximum atomic E-state index is 13.1. The summed E-state index contributed by atoms with van der Waals surface area (Å²) >= 11 is 5.90. The molecule has 30 heavy (non-hydrogen) atoms. The zero-order valence-corrected chi connectivity index (χ0v) is 16.9. The van der Waals surface area contributed by atoms with Crippen molar-refractivity contribution in [1.82, 2.24) is 9.88 Å². The zero-order chi connectivity index (χ0) is 21.4. The number of nitrogens with zero attached hydrogens (tertiary/aromatic N) is 2. The second-order valence-corrected chi connectivity index (χ2v) is 7.29. The summed E-state index contributed by atoms with van der Waals surface area (Å²) in [7, 11) is 0. The van der Waals surface area contributed by atoms with Gasteiger partial charge in [-0.25, -0.2) is 9.69 Å². The van der Waals surface area contributed by atoms with E-state index in [1.54, 1.807) is 36.4 Å². The smallest absolute Gasteiger partial charge is 0.335 e. The van der Waals surface area contributed by atoms with E-state index in [-0.39, 0.29) is 5.57 Å². The molecule has 1 fully saturated rings. The van der Waals surface area contributed by atoms with E-state index in [0.29, 0.717) is 17.3 Å². The number of amides is 4. The Morgan fingerprint density at radius 2 is 1.77 bits per heavy atom. The SMILES string of the molecule is C=CCn1c(C)c(/C=C2\C(=O)NC(=O)N(c3ccc(Cl)cc3)C2=O)c2ccccc21. The van der Waals surface area contributed by atoms with Crippen molar-refractivity contribution in [3.05, 3.63) is 83.0 Å². The van der Waals surface area contributed by atoms with Gasteiger partial charge in [0.2, 0.25) is 0 Å². The van der Waals surface area contributed by atoms with Crippen LogP contribution in [0.25, 0.3) is 17.0 Å². The minimum atomic E-state index is -0.796. The van der Waals surface area contributed by atoms with Crippen LogP contribution in [0, 0.1) is 6.92 Å². The molecule has 0 radical (unpaired) electrons. The number of imide groups is 2. The van der Waals surface area contributed by atoms with Gasteiger partial charge in [-0.05, 0) is 43.3 Å². The Labute approximate surface area is 178 Å². The number of halogens is 1. The fourth-order valence-electron chi connectivity index (χ4n) is 3.63. The summed E-state index contributed by atoms with van der Waals surface area (Å²) in [6.45, 7) is 6.31. The number of rotatable bonds is 4. The number of carbonyl (C=O) groups excluding carboxylic acids is 3. The Morgan fingerprint density at radius 1 is 1.07 bits per heavy atom. The molecular formula is C23H18ClN3O3. The van der Waals surface area contributed by atoms with Crippen LogP contribution < -0.4 is 10.2 Å². The minimum Gasteiger partial charge on any atom is -0.340 e. The van der Waals surface area contributed by atoms with Gasteiger partial charge in [0.15, 0.2) is 0 Å². The van der Waals surface area contributed by atoms with Crippen LogP contribution in [0.4, 0.5) is 10.5 Å². The number of nitrogens with one attached hydrogen (secondary N) is 1. The number of carbonyl (C=O) groups is 3. The number of anilines is 1. The number of aromatic nitrogens is 1. The molecule has 1 aliphatic rings. The average molecular weight is 420 g/mol. The van der Waals surface area contributed by atoms with Gasteiger partial charge >= 0.3 is 6.03 Å². The molecule has 4 amide bonds. The van der Waals surface area contributed by atoms with E-state index >= 15 is 0 Å². The van der Waals surface area contributed by atoms with Crippen LogP contribution in [0.3, 0.4) is 0 Å². The van der Waals surface area contributed by atoms with Crippen LogP contribution in [0.1, 0.15) is 11.3 Å². The second-order valence-electron chi connectivity index (χ2n) is 6.85. The van der Waals surface area contributed by atoms with Crippen molar-refractivity contribution < 1.29 is 14.4 Å². The van der Waals surface area contributed by atoms with E-state index in [4.69, 9.17) is 11.6 Å². The van der Waals surface area contributed by atoms with Crippen LogP contribution >= 0.6 is 11.6 Å². The lowest BCUT2D eigenvalue weighted by Crippen LogP contribution is -2.54. The van der Waals surface area contributed by atoms with Gasteiger partial charge in [-0.3, -0.25) is 14.9 Å². The highest BCUT2D eigenvalue weighted by Gasteiger charge is 2.37. The molecule has 0 unspecified atom stereocenters. The standard InChI is InChI=1S/C23H18ClN3O3/c1-3-12-26-14(2)18(17-6-4-5-7-20(17)26)13-19-21(28)25-23(30)27(22(19)29)16-10-8-15(24)9-11-16/h3-11,13H,1,12H2,2H3,(H,25,28,30)/b19-13+. The Balaban J connectivity index is 1.85. The molecular weight excluding hydrogens is 402 g/mol. The molecule has 1 N–H and O–H groups in total. The number of hydrogen-bond donors (Lipinski definition) is 1. The first-order chi connectivity index (χ1) is 14.4. The molecule has 0 spiro atoms. The fraction of sp³-hybridized carbons (Fsp3) is 0.0870. The maximum absolute atomic E-state index is 13.1. The predicted molar refractivity (Wildman–Crippen MR) is 117 cm³/mol. The Bertz CT molecular complexity index is 1240. The topological polar surface area (TPSA) is 71.4 Å². The van der Waals surface area contributed by atoms with Gasteiger partial charge in [0.05, 0.1) is 5.69 Å². The predicted octanol–water partition coefficient (Wildman–Crippen LogP) is 4.46. The molecule has 6 nitrogen and oxygen atoms in total. The van der Waals surface area contributed by atoms with Gasteiger partial charge in [0, 0.05) is 33.7 Å². The normalized spacial score (nSPS) is 15.7. The highest BCUT2D eigenvalue weighted by molar-refractivity contribution is 6.39. The third kappa shape index (κ3) is 3.21. The lowest BCUT2D eigenvalue weighted by Gasteiger charge is -2.26. The lowest BCUT2D eigenvalue weighted by atomic mass is 10.0. The zero-order valence-electron chi connectivity index (χ0n) is 16.2. The number of barbiturate groups is 1. The fourth-order valence-corrected chi connectivity index (χ4v) is 3.76. The molecule has 2 heterocycles. The van der Waals surface area contributed by atoms with Crippen LogP contribution in [0.2, 0.25) is 5.02 Å². The molecule has 0 bridgehead atoms. The summed E-state index contributed by atoms with van der Waals surface area (Å²) in [5, 5.41) is 3.62. The summed E-state index contributed by atoms with van der Waals surface area (Å²) in [5.74, 6) is -1.42. The molecule has 3 aromatic rings. The van der Waals surface area contributed by atoms with E-state index in [1.807, 2.05) is 31.2 Å². The monoisotopic (exact) mass is 419 g/mol. The van der Waals surface area contributed by atoms with Crippen molar-refractivity contribution in [3.8, 4) is 0 Å².